The molecule has 1 aliphatic rings. The Labute approximate surface area is 92.9 Å². The molecule has 5 nitrogen and oxygen atoms in total. The van der Waals surface area contributed by atoms with Gasteiger partial charge in [-0.05, 0) is 19.8 Å². The van der Waals surface area contributed by atoms with Crippen LogP contribution >= 0.6 is 0 Å². The normalized spacial score (nSPS) is 20.6. The molecule has 1 aliphatic heterocycles. The van der Waals surface area contributed by atoms with Crippen LogP contribution in [0.25, 0.3) is 0 Å². The first-order valence-electron chi connectivity index (χ1n) is 5.54. The van der Waals surface area contributed by atoms with Gasteiger partial charge in [-0.1, -0.05) is 0 Å². The van der Waals surface area contributed by atoms with Crippen molar-refractivity contribution in [2.24, 2.45) is 0 Å². The summed E-state index contributed by atoms with van der Waals surface area (Å²) >= 11 is 0. The van der Waals surface area contributed by atoms with Crippen LogP contribution in [0, 0.1) is 0 Å². The molecule has 1 heterocycles. The first kappa shape index (κ1) is 11.1. The lowest BCUT2D eigenvalue weighted by atomic mass is 10.1. The van der Waals surface area contributed by atoms with Crippen LogP contribution in [-0.4, -0.2) is 30.9 Å². The lowest BCUT2D eigenvalue weighted by Gasteiger charge is -2.27. The highest BCUT2D eigenvalue weighted by Gasteiger charge is 2.33. The lowest BCUT2D eigenvalue weighted by Crippen LogP contribution is -2.44. The van der Waals surface area contributed by atoms with E-state index in [0.717, 1.165) is 12.8 Å². The van der Waals surface area contributed by atoms with Gasteiger partial charge in [-0.2, -0.15) is 0 Å². The number of rotatable bonds is 4. The second-order valence-corrected chi connectivity index (χ2v) is 3.94. The van der Waals surface area contributed by atoms with Gasteiger partial charge in [0, 0.05) is 6.54 Å². The second-order valence-electron chi connectivity index (χ2n) is 3.94. The van der Waals surface area contributed by atoms with Gasteiger partial charge in [-0.3, -0.25) is 9.59 Å². The molecule has 1 N–H and O–H groups in total. The lowest BCUT2D eigenvalue weighted by molar-refractivity contribution is 0.264. The quantitative estimate of drug-likeness (QED) is 0.709. The van der Waals surface area contributed by atoms with E-state index in [4.69, 9.17) is 4.74 Å². The van der Waals surface area contributed by atoms with Crippen molar-refractivity contribution in [1.29, 1.82) is 0 Å². The summed E-state index contributed by atoms with van der Waals surface area (Å²) in [4.78, 5) is 24.6. The van der Waals surface area contributed by atoms with Crippen LogP contribution in [0.15, 0.2) is 9.59 Å². The molecule has 2 rings (SSSR count). The van der Waals surface area contributed by atoms with Crippen molar-refractivity contribution >= 4 is 5.69 Å². The Morgan fingerprint density at radius 3 is 2.81 bits per heavy atom. The molecule has 0 radical (unpaired) electrons. The summed E-state index contributed by atoms with van der Waals surface area (Å²) in [5.41, 5.74) is -0.660. The zero-order valence-electron chi connectivity index (χ0n) is 9.23. The smallest absolute Gasteiger partial charge is 0.272 e. The number of aliphatic hydroxyl groups excluding tert-OH is 1. The predicted molar refractivity (Wildman–Crippen MR) is 60.0 cm³/mol. The Morgan fingerprint density at radius 1 is 1.44 bits per heavy atom. The number of hydrogen-bond acceptors (Lipinski definition) is 5. The minimum atomic E-state index is -0.541. The highest BCUT2D eigenvalue weighted by Crippen LogP contribution is 2.29. The number of nitrogens with zero attached hydrogens (tertiary/aromatic N) is 1. The molecule has 1 unspecified atom stereocenters. The second kappa shape index (κ2) is 4.25. The van der Waals surface area contributed by atoms with Crippen molar-refractivity contribution in [3.05, 3.63) is 20.4 Å². The fourth-order valence-corrected chi connectivity index (χ4v) is 2.22. The fraction of sp³-hybridized carbons (Fsp3) is 0.636. The number of anilines is 1. The maximum Gasteiger partial charge on any atom is 0.272 e. The van der Waals surface area contributed by atoms with E-state index in [1.807, 2.05) is 0 Å². The summed E-state index contributed by atoms with van der Waals surface area (Å²) in [5, 5.41) is 9.17. The van der Waals surface area contributed by atoms with Crippen LogP contribution in [0.1, 0.15) is 19.8 Å². The van der Waals surface area contributed by atoms with Crippen molar-refractivity contribution in [3.63, 3.8) is 0 Å². The van der Waals surface area contributed by atoms with Crippen LogP contribution in [0.3, 0.4) is 0 Å². The van der Waals surface area contributed by atoms with Gasteiger partial charge in [-0.15, -0.1) is 0 Å². The van der Waals surface area contributed by atoms with Crippen LogP contribution in [0.5, 0.6) is 5.75 Å². The summed E-state index contributed by atoms with van der Waals surface area (Å²) in [7, 11) is 0. The van der Waals surface area contributed by atoms with E-state index >= 15 is 0 Å². The van der Waals surface area contributed by atoms with E-state index in [9.17, 15) is 14.7 Å². The molecule has 1 saturated heterocycles. The van der Waals surface area contributed by atoms with Crippen molar-refractivity contribution in [3.8, 4) is 5.75 Å². The SMILES string of the molecule is CCOc1c(N2CCCC2CO)c(=O)c1=O. The molecule has 1 atom stereocenters. The first-order valence-corrected chi connectivity index (χ1v) is 5.54. The molecule has 1 aromatic rings. The monoisotopic (exact) mass is 225 g/mol. The maximum atomic E-state index is 11.5. The Bertz CT molecular complexity index is 447. The molecule has 0 amide bonds. The molecule has 0 saturated carbocycles. The average molecular weight is 225 g/mol. The molecule has 16 heavy (non-hydrogen) atoms. The standard InChI is InChI=1S/C11H15NO4/c1-2-16-11-8(9(14)10(11)15)12-5-3-4-7(12)6-13/h7,13H,2-6H2,1H3. The van der Waals surface area contributed by atoms with E-state index in [1.165, 1.54) is 0 Å². The van der Waals surface area contributed by atoms with Gasteiger partial charge in [0.2, 0.25) is 0 Å². The summed E-state index contributed by atoms with van der Waals surface area (Å²) in [6, 6.07) is -0.0532. The summed E-state index contributed by atoms with van der Waals surface area (Å²) in [6.07, 6.45) is 1.77. The largest absolute Gasteiger partial charge is 0.488 e. The van der Waals surface area contributed by atoms with Crippen molar-refractivity contribution in [2.75, 3.05) is 24.7 Å². The van der Waals surface area contributed by atoms with Crippen molar-refractivity contribution < 1.29 is 9.84 Å². The van der Waals surface area contributed by atoms with Crippen molar-refractivity contribution in [1.82, 2.24) is 0 Å². The third kappa shape index (κ3) is 1.51. The third-order valence-corrected chi connectivity index (χ3v) is 3.01. The molecule has 0 aliphatic carbocycles. The zero-order chi connectivity index (χ0) is 11.7. The molecule has 0 bridgehead atoms. The summed E-state index contributed by atoms with van der Waals surface area (Å²) < 4.78 is 5.16. The Balaban J connectivity index is 2.30. The van der Waals surface area contributed by atoms with Crippen LogP contribution in [-0.2, 0) is 0 Å². The summed E-state index contributed by atoms with van der Waals surface area (Å²) in [6.45, 7) is 2.85. The Morgan fingerprint density at radius 2 is 2.19 bits per heavy atom. The molecule has 88 valence electrons. The Kier molecular flexibility index (Phi) is 2.96. The minimum Gasteiger partial charge on any atom is -0.488 e. The van der Waals surface area contributed by atoms with Crippen LogP contribution in [0.2, 0.25) is 0 Å². The van der Waals surface area contributed by atoms with Crippen molar-refractivity contribution in [2.45, 2.75) is 25.8 Å². The zero-order valence-corrected chi connectivity index (χ0v) is 9.23. The predicted octanol–water partition coefficient (Wildman–Crippen LogP) is -0.358. The molecule has 1 fully saturated rings. The van der Waals surface area contributed by atoms with Gasteiger partial charge in [0.25, 0.3) is 10.9 Å². The topological polar surface area (TPSA) is 66.8 Å². The van der Waals surface area contributed by atoms with E-state index in [1.54, 1.807) is 11.8 Å². The fourth-order valence-electron chi connectivity index (χ4n) is 2.22. The van der Waals surface area contributed by atoms with E-state index in [0.29, 0.717) is 18.8 Å². The van der Waals surface area contributed by atoms with Crippen LogP contribution in [0.4, 0.5) is 5.69 Å². The minimum absolute atomic E-state index is 0.00434. The number of aliphatic hydroxyl groups is 1. The highest BCUT2D eigenvalue weighted by atomic mass is 16.5. The number of hydrogen-bond donors (Lipinski definition) is 1. The van der Waals surface area contributed by atoms with Gasteiger partial charge >= 0.3 is 0 Å². The molecule has 1 aromatic carbocycles. The van der Waals surface area contributed by atoms with Gasteiger partial charge in [0.15, 0.2) is 5.75 Å². The molecular weight excluding hydrogens is 210 g/mol. The van der Waals surface area contributed by atoms with Crippen LogP contribution < -0.4 is 20.5 Å². The van der Waals surface area contributed by atoms with Gasteiger partial charge in [0.1, 0.15) is 5.69 Å². The summed E-state index contributed by atoms with van der Waals surface area (Å²) in [5.74, 6) is 0.174. The third-order valence-electron chi connectivity index (χ3n) is 3.01. The molecule has 0 aromatic heterocycles. The average Bonchev–Trinajstić information content (AvgIpc) is 2.75. The van der Waals surface area contributed by atoms with E-state index < -0.39 is 10.9 Å². The first-order chi connectivity index (χ1) is 7.70. The van der Waals surface area contributed by atoms with Gasteiger partial charge < -0.3 is 14.7 Å². The van der Waals surface area contributed by atoms with E-state index in [-0.39, 0.29) is 18.4 Å². The van der Waals surface area contributed by atoms with Gasteiger partial charge in [0.05, 0.1) is 19.3 Å². The maximum absolute atomic E-state index is 11.5. The van der Waals surface area contributed by atoms with E-state index in [2.05, 4.69) is 0 Å². The molecule has 0 spiro atoms. The van der Waals surface area contributed by atoms with Gasteiger partial charge in [-0.25, -0.2) is 0 Å². The highest BCUT2D eigenvalue weighted by molar-refractivity contribution is 5.64. The molecular formula is C11H15NO4. The Hall–Kier alpha value is -1.36. The number of ether oxygens (including phenoxy) is 1. The molecule has 5 heteroatoms.